The molecule has 3 nitrogen and oxygen atoms in total. The Morgan fingerprint density at radius 3 is 2.85 bits per heavy atom. The van der Waals surface area contributed by atoms with Crippen molar-refractivity contribution in [3.8, 4) is 11.1 Å². The molecule has 4 heteroatoms. The van der Waals surface area contributed by atoms with Crippen LogP contribution < -0.4 is 5.32 Å². The molecule has 1 unspecified atom stereocenters. The van der Waals surface area contributed by atoms with Gasteiger partial charge in [-0.2, -0.15) is 0 Å². The van der Waals surface area contributed by atoms with E-state index in [9.17, 15) is 0 Å². The van der Waals surface area contributed by atoms with Crippen LogP contribution in [0.3, 0.4) is 0 Å². The van der Waals surface area contributed by atoms with E-state index < -0.39 is 0 Å². The number of nitrogens with one attached hydrogen (secondary N) is 1. The van der Waals surface area contributed by atoms with E-state index in [0.717, 1.165) is 36.2 Å². The third kappa shape index (κ3) is 3.01. The number of ether oxygens (including phenoxy) is 1. The van der Waals surface area contributed by atoms with Crippen LogP contribution in [0.15, 0.2) is 42.6 Å². The molecule has 0 radical (unpaired) electrons. The molecular formula is C16H17ClN2O. The SMILES string of the molecule is Clc1ncccc1-c1ccccc1COC1CCNC1. The van der Waals surface area contributed by atoms with Crippen LogP contribution in [0.5, 0.6) is 0 Å². The Morgan fingerprint density at radius 2 is 2.05 bits per heavy atom. The Balaban J connectivity index is 1.82. The number of hydrogen-bond donors (Lipinski definition) is 1. The number of rotatable bonds is 4. The van der Waals surface area contributed by atoms with Gasteiger partial charge in [-0.3, -0.25) is 0 Å². The first-order chi connectivity index (χ1) is 9.84. The average Bonchev–Trinajstić information content (AvgIpc) is 2.99. The fraction of sp³-hybridized carbons (Fsp3) is 0.312. The van der Waals surface area contributed by atoms with E-state index in [1.807, 2.05) is 24.3 Å². The summed E-state index contributed by atoms with van der Waals surface area (Å²) in [7, 11) is 0. The molecule has 104 valence electrons. The van der Waals surface area contributed by atoms with Crippen LogP contribution >= 0.6 is 11.6 Å². The second kappa shape index (κ2) is 6.35. The fourth-order valence-electron chi connectivity index (χ4n) is 2.47. The second-order valence-electron chi connectivity index (χ2n) is 4.92. The fourth-order valence-corrected chi connectivity index (χ4v) is 2.70. The van der Waals surface area contributed by atoms with Crippen molar-refractivity contribution < 1.29 is 4.74 Å². The minimum absolute atomic E-state index is 0.312. The monoisotopic (exact) mass is 288 g/mol. The lowest BCUT2D eigenvalue weighted by atomic mass is 10.0. The summed E-state index contributed by atoms with van der Waals surface area (Å²) in [6.45, 7) is 2.59. The molecule has 1 atom stereocenters. The molecule has 1 aliphatic heterocycles. The van der Waals surface area contributed by atoms with Crippen LogP contribution in [0.1, 0.15) is 12.0 Å². The maximum Gasteiger partial charge on any atom is 0.136 e. The van der Waals surface area contributed by atoms with Crippen molar-refractivity contribution in [3.05, 3.63) is 53.3 Å². The average molecular weight is 289 g/mol. The van der Waals surface area contributed by atoms with E-state index in [2.05, 4.69) is 22.4 Å². The van der Waals surface area contributed by atoms with Gasteiger partial charge in [0.05, 0.1) is 12.7 Å². The summed E-state index contributed by atoms with van der Waals surface area (Å²) < 4.78 is 5.97. The van der Waals surface area contributed by atoms with E-state index in [1.165, 1.54) is 0 Å². The van der Waals surface area contributed by atoms with E-state index in [-0.39, 0.29) is 0 Å². The van der Waals surface area contributed by atoms with Crippen molar-refractivity contribution in [3.63, 3.8) is 0 Å². The lowest BCUT2D eigenvalue weighted by Crippen LogP contribution is -2.16. The number of nitrogens with zero attached hydrogens (tertiary/aromatic N) is 1. The Kier molecular flexibility index (Phi) is 4.31. The first kappa shape index (κ1) is 13.6. The predicted molar refractivity (Wildman–Crippen MR) is 80.7 cm³/mol. The zero-order valence-corrected chi connectivity index (χ0v) is 11.9. The largest absolute Gasteiger partial charge is 0.372 e. The van der Waals surface area contributed by atoms with Gasteiger partial charge in [0, 0.05) is 18.3 Å². The summed E-state index contributed by atoms with van der Waals surface area (Å²) in [5, 5.41) is 3.84. The van der Waals surface area contributed by atoms with Crippen molar-refractivity contribution in [1.82, 2.24) is 10.3 Å². The lowest BCUT2D eigenvalue weighted by Gasteiger charge is -2.14. The molecule has 1 fully saturated rings. The zero-order chi connectivity index (χ0) is 13.8. The van der Waals surface area contributed by atoms with Crippen LogP contribution in [0, 0.1) is 0 Å². The van der Waals surface area contributed by atoms with Crippen LogP contribution in [-0.2, 0) is 11.3 Å². The van der Waals surface area contributed by atoms with Gasteiger partial charge >= 0.3 is 0 Å². The minimum Gasteiger partial charge on any atom is -0.372 e. The summed E-state index contributed by atoms with van der Waals surface area (Å²) in [5.41, 5.74) is 3.20. The highest BCUT2D eigenvalue weighted by molar-refractivity contribution is 6.32. The van der Waals surface area contributed by atoms with Crippen molar-refractivity contribution in [2.45, 2.75) is 19.1 Å². The maximum atomic E-state index is 6.20. The number of halogens is 1. The van der Waals surface area contributed by atoms with E-state index in [1.54, 1.807) is 6.20 Å². The number of hydrogen-bond acceptors (Lipinski definition) is 3. The highest BCUT2D eigenvalue weighted by Crippen LogP contribution is 2.29. The molecule has 1 aromatic heterocycles. The summed E-state index contributed by atoms with van der Waals surface area (Å²) >= 11 is 6.20. The molecule has 1 aromatic carbocycles. The second-order valence-corrected chi connectivity index (χ2v) is 5.28. The standard InChI is InChI=1S/C16H17ClN2O/c17-16-15(6-3-8-19-16)14-5-2-1-4-12(14)11-20-13-7-9-18-10-13/h1-6,8,13,18H,7,9-11H2. The molecule has 0 aliphatic carbocycles. The molecule has 0 spiro atoms. The van der Waals surface area contributed by atoms with Gasteiger partial charge in [-0.25, -0.2) is 4.98 Å². The summed E-state index contributed by atoms with van der Waals surface area (Å²) in [6, 6.07) is 12.1. The molecule has 0 amide bonds. The van der Waals surface area contributed by atoms with Gasteiger partial charge in [0.1, 0.15) is 5.15 Å². The van der Waals surface area contributed by atoms with Gasteiger partial charge in [0.25, 0.3) is 0 Å². The first-order valence-corrected chi connectivity index (χ1v) is 7.23. The molecule has 3 rings (SSSR count). The molecule has 20 heavy (non-hydrogen) atoms. The zero-order valence-electron chi connectivity index (χ0n) is 11.2. The normalized spacial score (nSPS) is 18.4. The third-order valence-corrected chi connectivity index (χ3v) is 3.86. The first-order valence-electron chi connectivity index (χ1n) is 6.86. The summed E-state index contributed by atoms with van der Waals surface area (Å²) in [6.07, 6.45) is 3.10. The van der Waals surface area contributed by atoms with Crippen LogP contribution in [0.4, 0.5) is 0 Å². The summed E-state index contributed by atoms with van der Waals surface area (Å²) in [4.78, 5) is 4.15. The number of benzene rings is 1. The lowest BCUT2D eigenvalue weighted by molar-refractivity contribution is 0.0545. The maximum absolute atomic E-state index is 6.20. The molecular weight excluding hydrogens is 272 g/mol. The van der Waals surface area contributed by atoms with Crippen LogP contribution in [-0.4, -0.2) is 24.2 Å². The van der Waals surface area contributed by atoms with Gasteiger partial charge in [-0.05, 0) is 36.2 Å². The quantitative estimate of drug-likeness (QED) is 0.877. The molecule has 1 saturated heterocycles. The van der Waals surface area contributed by atoms with E-state index in [4.69, 9.17) is 16.3 Å². The number of pyridine rings is 1. The van der Waals surface area contributed by atoms with Gasteiger partial charge in [0.15, 0.2) is 0 Å². The molecule has 0 bridgehead atoms. The molecule has 2 heterocycles. The van der Waals surface area contributed by atoms with Crippen molar-refractivity contribution in [2.24, 2.45) is 0 Å². The Morgan fingerprint density at radius 1 is 1.20 bits per heavy atom. The Labute approximate surface area is 123 Å². The third-order valence-electron chi connectivity index (χ3n) is 3.56. The minimum atomic E-state index is 0.312. The molecule has 1 aliphatic rings. The Hall–Kier alpha value is -1.42. The Bertz CT molecular complexity index is 582. The highest BCUT2D eigenvalue weighted by atomic mass is 35.5. The van der Waals surface area contributed by atoms with E-state index >= 15 is 0 Å². The topological polar surface area (TPSA) is 34.1 Å². The van der Waals surface area contributed by atoms with Gasteiger partial charge in [0.2, 0.25) is 0 Å². The van der Waals surface area contributed by atoms with Gasteiger partial charge in [-0.1, -0.05) is 35.9 Å². The predicted octanol–water partition coefficient (Wildman–Crippen LogP) is 3.28. The smallest absolute Gasteiger partial charge is 0.136 e. The highest BCUT2D eigenvalue weighted by Gasteiger charge is 2.16. The van der Waals surface area contributed by atoms with Gasteiger partial charge < -0.3 is 10.1 Å². The molecule has 0 saturated carbocycles. The van der Waals surface area contributed by atoms with Crippen LogP contribution in [0.2, 0.25) is 5.15 Å². The van der Waals surface area contributed by atoms with Crippen LogP contribution in [0.25, 0.3) is 11.1 Å². The van der Waals surface area contributed by atoms with Crippen molar-refractivity contribution >= 4 is 11.6 Å². The van der Waals surface area contributed by atoms with Gasteiger partial charge in [-0.15, -0.1) is 0 Å². The molecule has 1 N–H and O–H groups in total. The molecule has 2 aromatic rings. The van der Waals surface area contributed by atoms with Crippen molar-refractivity contribution in [1.29, 1.82) is 0 Å². The number of aromatic nitrogens is 1. The van der Waals surface area contributed by atoms with E-state index in [0.29, 0.717) is 17.9 Å². The van der Waals surface area contributed by atoms with Crippen molar-refractivity contribution in [2.75, 3.05) is 13.1 Å². The summed E-state index contributed by atoms with van der Waals surface area (Å²) in [5.74, 6) is 0.